The van der Waals surface area contributed by atoms with Crippen LogP contribution in [0.15, 0.2) is 21.9 Å². The molecule has 6 heteroatoms. The van der Waals surface area contributed by atoms with E-state index < -0.39 is 0 Å². The molecule has 3 aliphatic heterocycles. The highest BCUT2D eigenvalue weighted by Crippen LogP contribution is 2.29. The summed E-state index contributed by atoms with van der Waals surface area (Å²) in [6.07, 6.45) is 4.43. The number of aromatic nitrogens is 2. The summed E-state index contributed by atoms with van der Waals surface area (Å²) in [4.78, 5) is 25.2. The average Bonchev–Trinajstić information content (AvgIpc) is 2.96. The smallest absolute Gasteiger partial charge is 0.187 e. The van der Waals surface area contributed by atoms with Crippen molar-refractivity contribution in [3.8, 4) is 0 Å². The average molecular weight is 359 g/mol. The minimum Gasteiger partial charge on any atom is -0.363 e. The van der Waals surface area contributed by atoms with Gasteiger partial charge in [-0.1, -0.05) is 0 Å². The van der Waals surface area contributed by atoms with Crippen LogP contribution < -0.4 is 5.43 Å². The summed E-state index contributed by atoms with van der Waals surface area (Å²) in [5.74, 6) is 0.717. The predicted octanol–water partition coefficient (Wildman–Crippen LogP) is 2.54. The second-order valence-electron chi connectivity index (χ2n) is 7.60. The molecule has 2 bridgehead atoms. The Morgan fingerprint density at radius 1 is 1.24 bits per heavy atom. The lowest BCUT2D eigenvalue weighted by Crippen LogP contribution is -2.43. The SMILES string of the molecule is Cc1c[nH]c(CN2C[C@H]3CC[C@@H]2CN(Cc2cscn2)C3)c(C)c1=O. The maximum absolute atomic E-state index is 12.2. The van der Waals surface area contributed by atoms with Gasteiger partial charge < -0.3 is 4.98 Å². The monoisotopic (exact) mass is 358 g/mol. The van der Waals surface area contributed by atoms with E-state index in [9.17, 15) is 4.79 Å². The first-order valence-corrected chi connectivity index (χ1v) is 10.1. The minimum absolute atomic E-state index is 0.180. The number of rotatable bonds is 4. The standard InChI is InChI=1S/C19H26N4OS/c1-13-5-20-18(14(2)19(13)24)10-23-7-15-3-4-17(23)9-22(6-15)8-16-11-25-12-21-16/h5,11-12,15,17H,3-4,6-10H2,1-2H3,(H,20,24)/t15-,17+/m0/s1. The number of H-pyrrole nitrogens is 1. The third-order valence-corrected chi connectivity index (χ3v) is 6.38. The van der Waals surface area contributed by atoms with E-state index in [1.807, 2.05) is 25.6 Å². The lowest BCUT2D eigenvalue weighted by atomic mass is 9.94. The fraction of sp³-hybridized carbons (Fsp3) is 0.579. The summed E-state index contributed by atoms with van der Waals surface area (Å²) in [7, 11) is 0. The van der Waals surface area contributed by atoms with Gasteiger partial charge in [0.2, 0.25) is 0 Å². The number of aromatic amines is 1. The van der Waals surface area contributed by atoms with Crippen molar-refractivity contribution >= 4 is 11.3 Å². The Bertz CT molecular complexity index is 785. The highest BCUT2D eigenvalue weighted by molar-refractivity contribution is 7.07. The molecule has 1 N–H and O–H groups in total. The van der Waals surface area contributed by atoms with Crippen LogP contribution in [0, 0.1) is 19.8 Å². The van der Waals surface area contributed by atoms with E-state index in [4.69, 9.17) is 0 Å². The molecule has 0 aliphatic carbocycles. The first-order chi connectivity index (χ1) is 12.1. The fourth-order valence-corrected chi connectivity index (χ4v) is 4.86. The first-order valence-electron chi connectivity index (χ1n) is 9.11. The largest absolute Gasteiger partial charge is 0.363 e. The van der Waals surface area contributed by atoms with Gasteiger partial charge in [-0.15, -0.1) is 11.3 Å². The number of fused-ring (bicyclic) bond motifs is 4. The molecular weight excluding hydrogens is 332 g/mol. The molecule has 5 rings (SSSR count). The number of thiazole rings is 1. The zero-order valence-electron chi connectivity index (χ0n) is 15.0. The van der Waals surface area contributed by atoms with E-state index in [1.54, 1.807) is 11.3 Å². The molecule has 3 aliphatic rings. The van der Waals surface area contributed by atoms with Gasteiger partial charge in [-0.2, -0.15) is 0 Å². The molecule has 2 aromatic heterocycles. The van der Waals surface area contributed by atoms with Crippen molar-refractivity contribution in [1.29, 1.82) is 0 Å². The van der Waals surface area contributed by atoms with Gasteiger partial charge in [0.1, 0.15) is 0 Å². The van der Waals surface area contributed by atoms with E-state index in [1.165, 1.54) is 18.5 Å². The second-order valence-corrected chi connectivity index (χ2v) is 8.32. The van der Waals surface area contributed by atoms with Crippen LogP contribution in [0.3, 0.4) is 0 Å². The zero-order chi connectivity index (χ0) is 17.4. The number of aryl methyl sites for hydroxylation is 1. The molecule has 0 amide bonds. The Morgan fingerprint density at radius 2 is 2.12 bits per heavy atom. The highest BCUT2D eigenvalue weighted by Gasteiger charge is 2.35. The summed E-state index contributed by atoms with van der Waals surface area (Å²) in [5, 5.41) is 2.16. The number of pyridine rings is 1. The number of piperidine rings is 1. The molecule has 2 aromatic rings. The quantitative estimate of drug-likeness (QED) is 0.913. The Hall–Kier alpha value is -1.50. The summed E-state index contributed by atoms with van der Waals surface area (Å²) in [5.41, 5.74) is 6.04. The topological polar surface area (TPSA) is 52.2 Å². The van der Waals surface area contributed by atoms with Crippen molar-refractivity contribution < 1.29 is 0 Å². The Balaban J connectivity index is 1.49. The molecule has 3 saturated heterocycles. The number of nitrogens with zero attached hydrogens (tertiary/aromatic N) is 3. The Labute approximate surface area is 152 Å². The van der Waals surface area contributed by atoms with Gasteiger partial charge in [0.15, 0.2) is 5.43 Å². The summed E-state index contributed by atoms with van der Waals surface area (Å²) < 4.78 is 0. The van der Waals surface area contributed by atoms with Crippen molar-refractivity contribution in [2.24, 2.45) is 5.92 Å². The van der Waals surface area contributed by atoms with Crippen LogP contribution in [0.5, 0.6) is 0 Å². The molecular formula is C19H26N4OS. The third-order valence-electron chi connectivity index (χ3n) is 5.75. The molecule has 5 nitrogen and oxygen atoms in total. The van der Waals surface area contributed by atoms with Crippen LogP contribution in [0.2, 0.25) is 0 Å². The van der Waals surface area contributed by atoms with Crippen molar-refractivity contribution in [2.45, 2.75) is 45.8 Å². The van der Waals surface area contributed by atoms with Crippen LogP contribution in [0.4, 0.5) is 0 Å². The van der Waals surface area contributed by atoms with Crippen molar-refractivity contribution in [2.75, 3.05) is 19.6 Å². The van der Waals surface area contributed by atoms with Crippen molar-refractivity contribution in [3.63, 3.8) is 0 Å². The van der Waals surface area contributed by atoms with E-state index >= 15 is 0 Å². The van der Waals surface area contributed by atoms with Gasteiger partial charge in [0, 0.05) is 67.2 Å². The normalized spacial score (nSPS) is 24.6. The molecule has 0 unspecified atom stereocenters. The van der Waals surface area contributed by atoms with E-state index in [-0.39, 0.29) is 5.43 Å². The van der Waals surface area contributed by atoms with Gasteiger partial charge >= 0.3 is 0 Å². The van der Waals surface area contributed by atoms with Crippen LogP contribution >= 0.6 is 11.3 Å². The zero-order valence-corrected chi connectivity index (χ0v) is 15.8. The molecule has 25 heavy (non-hydrogen) atoms. The first kappa shape index (κ1) is 16.9. The molecule has 134 valence electrons. The minimum atomic E-state index is 0.180. The van der Waals surface area contributed by atoms with Gasteiger partial charge in [0.25, 0.3) is 0 Å². The molecule has 0 saturated carbocycles. The highest BCUT2D eigenvalue weighted by atomic mass is 32.1. The van der Waals surface area contributed by atoms with Gasteiger partial charge in [-0.05, 0) is 32.6 Å². The third kappa shape index (κ3) is 3.57. The van der Waals surface area contributed by atoms with Crippen LogP contribution in [0.25, 0.3) is 0 Å². The second kappa shape index (κ2) is 7.02. The van der Waals surface area contributed by atoms with Gasteiger partial charge in [-0.3, -0.25) is 14.6 Å². The summed E-state index contributed by atoms with van der Waals surface area (Å²) >= 11 is 1.68. The molecule has 0 spiro atoms. The number of hydrogen-bond donors (Lipinski definition) is 1. The molecule has 5 heterocycles. The van der Waals surface area contributed by atoms with E-state index in [0.29, 0.717) is 6.04 Å². The van der Waals surface area contributed by atoms with Crippen LogP contribution in [0.1, 0.15) is 35.4 Å². The number of hydrogen-bond acceptors (Lipinski definition) is 5. The Kier molecular flexibility index (Phi) is 4.75. The van der Waals surface area contributed by atoms with E-state index in [2.05, 4.69) is 25.1 Å². The molecule has 0 aromatic carbocycles. The lowest BCUT2D eigenvalue weighted by Gasteiger charge is -2.36. The fourth-order valence-electron chi connectivity index (χ4n) is 4.31. The Morgan fingerprint density at radius 3 is 2.92 bits per heavy atom. The molecule has 2 atom stereocenters. The van der Waals surface area contributed by atoms with Crippen molar-refractivity contribution in [3.05, 3.63) is 49.8 Å². The van der Waals surface area contributed by atoms with Crippen LogP contribution in [-0.4, -0.2) is 45.4 Å². The van der Waals surface area contributed by atoms with Crippen LogP contribution in [-0.2, 0) is 13.1 Å². The molecule has 0 radical (unpaired) electrons. The summed E-state index contributed by atoms with van der Waals surface area (Å²) in [6.45, 7) is 9.04. The maximum atomic E-state index is 12.2. The summed E-state index contributed by atoms with van der Waals surface area (Å²) in [6, 6.07) is 0.571. The van der Waals surface area contributed by atoms with Gasteiger partial charge in [0.05, 0.1) is 11.2 Å². The lowest BCUT2D eigenvalue weighted by molar-refractivity contribution is 0.121. The number of nitrogens with one attached hydrogen (secondary N) is 1. The van der Waals surface area contributed by atoms with Gasteiger partial charge in [-0.25, -0.2) is 4.98 Å². The van der Waals surface area contributed by atoms with E-state index in [0.717, 1.165) is 55.5 Å². The molecule has 3 fully saturated rings. The predicted molar refractivity (Wildman–Crippen MR) is 101 cm³/mol. The maximum Gasteiger partial charge on any atom is 0.187 e. The van der Waals surface area contributed by atoms with Crippen molar-refractivity contribution in [1.82, 2.24) is 19.8 Å².